The van der Waals surface area contributed by atoms with E-state index in [-0.39, 0.29) is 11.3 Å². The van der Waals surface area contributed by atoms with E-state index in [2.05, 4.69) is 11.8 Å². The minimum Gasteiger partial charge on any atom is -0.481 e. The van der Waals surface area contributed by atoms with Crippen LogP contribution in [0.15, 0.2) is 0 Å². The van der Waals surface area contributed by atoms with Crippen LogP contribution in [0.1, 0.15) is 26.7 Å². The third-order valence-corrected chi connectivity index (χ3v) is 3.57. The number of aliphatic carboxylic acids is 1. The lowest BCUT2D eigenvalue weighted by Gasteiger charge is -1.96. The van der Waals surface area contributed by atoms with E-state index in [1.807, 2.05) is 13.8 Å². The van der Waals surface area contributed by atoms with Gasteiger partial charge in [0.15, 0.2) is 0 Å². The molecule has 0 aromatic heterocycles. The molecule has 0 saturated heterocycles. The molecular formula is C13H16O4. The summed E-state index contributed by atoms with van der Waals surface area (Å²) in [5.74, 6) is 3.54. The highest BCUT2D eigenvalue weighted by Gasteiger charge is 2.61. The Bertz CT molecular complexity index is 409. The lowest BCUT2D eigenvalue weighted by atomic mass is 10.1. The maximum atomic E-state index is 11.3. The molecule has 0 heterocycles. The van der Waals surface area contributed by atoms with Gasteiger partial charge >= 0.3 is 11.9 Å². The highest BCUT2D eigenvalue weighted by Crippen LogP contribution is 2.57. The molecule has 2 aliphatic carbocycles. The summed E-state index contributed by atoms with van der Waals surface area (Å²) in [6.07, 6.45) is 2.24. The quantitative estimate of drug-likeness (QED) is 0.456. The van der Waals surface area contributed by atoms with E-state index in [0.717, 1.165) is 12.8 Å². The first-order valence-electron chi connectivity index (χ1n) is 5.84. The summed E-state index contributed by atoms with van der Waals surface area (Å²) in [5.41, 5.74) is -0.338. The molecule has 2 rings (SSSR count). The van der Waals surface area contributed by atoms with Gasteiger partial charge in [0.05, 0.1) is 12.5 Å². The second kappa shape index (κ2) is 4.06. The van der Waals surface area contributed by atoms with Crippen LogP contribution in [0.2, 0.25) is 0 Å². The molecule has 2 atom stereocenters. The monoisotopic (exact) mass is 236 g/mol. The second-order valence-electron chi connectivity index (χ2n) is 5.43. The molecule has 4 nitrogen and oxygen atoms in total. The summed E-state index contributed by atoms with van der Waals surface area (Å²) in [6, 6.07) is 0. The SMILES string of the molecule is CC1(C)[C@H](C(=O)O)[C@@H]1C#CC(=O)OCC1CC1. The number of ether oxygens (including phenoxy) is 1. The topological polar surface area (TPSA) is 63.6 Å². The van der Waals surface area contributed by atoms with Crippen LogP contribution in [0.5, 0.6) is 0 Å². The van der Waals surface area contributed by atoms with Crippen LogP contribution in [0.25, 0.3) is 0 Å². The molecule has 0 bridgehead atoms. The average molecular weight is 236 g/mol. The molecule has 2 aliphatic rings. The van der Waals surface area contributed by atoms with Crippen molar-refractivity contribution in [2.75, 3.05) is 6.61 Å². The Kier molecular flexibility index (Phi) is 2.86. The third kappa shape index (κ3) is 2.60. The Balaban J connectivity index is 1.84. The van der Waals surface area contributed by atoms with E-state index in [4.69, 9.17) is 9.84 Å². The fourth-order valence-electron chi connectivity index (χ4n) is 2.02. The van der Waals surface area contributed by atoms with E-state index >= 15 is 0 Å². The molecule has 0 radical (unpaired) electrons. The first-order chi connectivity index (χ1) is 7.93. The molecule has 1 N–H and O–H groups in total. The molecule has 0 aromatic carbocycles. The maximum Gasteiger partial charge on any atom is 0.384 e. The van der Waals surface area contributed by atoms with E-state index in [1.165, 1.54) is 0 Å². The van der Waals surface area contributed by atoms with Gasteiger partial charge in [0.2, 0.25) is 0 Å². The van der Waals surface area contributed by atoms with Gasteiger partial charge in [0.1, 0.15) is 0 Å². The van der Waals surface area contributed by atoms with E-state index < -0.39 is 17.9 Å². The molecule has 17 heavy (non-hydrogen) atoms. The Morgan fingerprint density at radius 2 is 2.06 bits per heavy atom. The third-order valence-electron chi connectivity index (χ3n) is 3.57. The fraction of sp³-hybridized carbons (Fsp3) is 0.692. The summed E-state index contributed by atoms with van der Waals surface area (Å²) in [7, 11) is 0. The van der Waals surface area contributed by atoms with Crippen LogP contribution in [0, 0.1) is 35.0 Å². The number of hydrogen-bond donors (Lipinski definition) is 1. The molecule has 0 amide bonds. The molecule has 0 aliphatic heterocycles. The number of carboxylic acids is 1. The zero-order chi connectivity index (χ0) is 12.6. The van der Waals surface area contributed by atoms with Crippen molar-refractivity contribution in [1.82, 2.24) is 0 Å². The van der Waals surface area contributed by atoms with Gasteiger partial charge in [-0.2, -0.15) is 0 Å². The average Bonchev–Trinajstić information content (AvgIpc) is 3.09. The van der Waals surface area contributed by atoms with Crippen molar-refractivity contribution in [3.63, 3.8) is 0 Å². The Labute approximate surface area is 100 Å². The first-order valence-corrected chi connectivity index (χ1v) is 5.84. The van der Waals surface area contributed by atoms with E-state index in [0.29, 0.717) is 12.5 Å². The second-order valence-corrected chi connectivity index (χ2v) is 5.43. The van der Waals surface area contributed by atoms with E-state index in [9.17, 15) is 9.59 Å². The van der Waals surface area contributed by atoms with E-state index in [1.54, 1.807) is 0 Å². The lowest BCUT2D eigenvalue weighted by Crippen LogP contribution is -2.04. The molecule has 0 aromatic rings. The number of esters is 1. The highest BCUT2D eigenvalue weighted by molar-refractivity contribution is 5.89. The molecule has 2 fully saturated rings. The van der Waals surface area contributed by atoms with Gasteiger partial charge in [-0.15, -0.1) is 0 Å². The fourth-order valence-corrected chi connectivity index (χ4v) is 2.02. The number of carbonyl (C=O) groups excluding carboxylic acids is 1. The first kappa shape index (κ1) is 12.0. The molecule has 0 unspecified atom stereocenters. The van der Waals surface area contributed by atoms with Gasteiger partial charge in [-0.3, -0.25) is 4.79 Å². The van der Waals surface area contributed by atoms with Crippen LogP contribution in [-0.4, -0.2) is 23.7 Å². The summed E-state index contributed by atoms with van der Waals surface area (Å²) < 4.78 is 4.95. The highest BCUT2D eigenvalue weighted by atomic mass is 16.5. The molecule has 2 saturated carbocycles. The van der Waals surface area contributed by atoms with Crippen molar-refractivity contribution in [1.29, 1.82) is 0 Å². The predicted octanol–water partition coefficient (Wildman–Crippen LogP) is 1.30. The van der Waals surface area contributed by atoms with Crippen LogP contribution >= 0.6 is 0 Å². The Morgan fingerprint density at radius 3 is 2.53 bits per heavy atom. The Hall–Kier alpha value is -1.50. The number of carboxylic acid groups (broad SMARTS) is 1. The van der Waals surface area contributed by atoms with Crippen LogP contribution < -0.4 is 0 Å². The van der Waals surface area contributed by atoms with Gasteiger partial charge in [-0.25, -0.2) is 4.79 Å². The number of hydrogen-bond acceptors (Lipinski definition) is 3. The summed E-state index contributed by atoms with van der Waals surface area (Å²) >= 11 is 0. The summed E-state index contributed by atoms with van der Waals surface area (Å²) in [4.78, 5) is 22.1. The molecule has 4 heteroatoms. The summed E-state index contributed by atoms with van der Waals surface area (Å²) in [5, 5.41) is 8.92. The number of carbonyl (C=O) groups is 2. The van der Waals surface area contributed by atoms with Gasteiger partial charge in [-0.05, 0) is 24.2 Å². The normalized spacial score (nSPS) is 28.8. The standard InChI is InChI=1S/C13H16O4/c1-13(2)9(11(13)12(15)16)5-6-10(14)17-7-8-3-4-8/h8-9,11H,3-4,7H2,1-2H3,(H,15,16)/t9-,11-/m0/s1. The van der Waals surface area contributed by atoms with Crippen LogP contribution in [0.4, 0.5) is 0 Å². The van der Waals surface area contributed by atoms with Crippen molar-refractivity contribution in [3.05, 3.63) is 0 Å². The van der Waals surface area contributed by atoms with Gasteiger partial charge in [0.25, 0.3) is 0 Å². The van der Waals surface area contributed by atoms with Crippen molar-refractivity contribution >= 4 is 11.9 Å². The lowest BCUT2D eigenvalue weighted by molar-refractivity contribution is -0.139. The van der Waals surface area contributed by atoms with Gasteiger partial charge < -0.3 is 9.84 Å². The van der Waals surface area contributed by atoms with Gasteiger partial charge in [0, 0.05) is 11.8 Å². The van der Waals surface area contributed by atoms with Crippen LogP contribution in [0.3, 0.4) is 0 Å². The van der Waals surface area contributed by atoms with Crippen molar-refractivity contribution in [2.45, 2.75) is 26.7 Å². The van der Waals surface area contributed by atoms with Crippen molar-refractivity contribution < 1.29 is 19.4 Å². The zero-order valence-corrected chi connectivity index (χ0v) is 10.0. The van der Waals surface area contributed by atoms with Crippen molar-refractivity contribution in [3.8, 4) is 11.8 Å². The summed E-state index contributed by atoms with van der Waals surface area (Å²) in [6.45, 7) is 4.14. The number of rotatable bonds is 3. The largest absolute Gasteiger partial charge is 0.481 e. The molecular weight excluding hydrogens is 220 g/mol. The Morgan fingerprint density at radius 1 is 1.41 bits per heavy atom. The zero-order valence-electron chi connectivity index (χ0n) is 10.0. The van der Waals surface area contributed by atoms with Crippen LogP contribution in [-0.2, 0) is 14.3 Å². The maximum absolute atomic E-state index is 11.3. The predicted molar refractivity (Wildman–Crippen MR) is 59.9 cm³/mol. The van der Waals surface area contributed by atoms with Crippen molar-refractivity contribution in [2.24, 2.45) is 23.2 Å². The minimum atomic E-state index is -0.847. The molecule has 0 spiro atoms. The molecule has 92 valence electrons. The van der Waals surface area contributed by atoms with Gasteiger partial charge in [-0.1, -0.05) is 19.8 Å². The smallest absolute Gasteiger partial charge is 0.384 e. The minimum absolute atomic E-state index is 0.242.